The van der Waals surface area contributed by atoms with Crippen LogP contribution in [0.3, 0.4) is 0 Å². The van der Waals surface area contributed by atoms with Crippen LogP contribution in [-0.4, -0.2) is 25.5 Å². The van der Waals surface area contributed by atoms with Crippen LogP contribution in [0.15, 0.2) is 36.4 Å². The Kier molecular flexibility index (Phi) is 4.47. The molecule has 0 bridgehead atoms. The van der Waals surface area contributed by atoms with E-state index < -0.39 is 0 Å². The maximum Gasteiger partial charge on any atom is 0.251 e. The highest BCUT2D eigenvalue weighted by molar-refractivity contribution is 6.07. The summed E-state index contributed by atoms with van der Waals surface area (Å²) in [6.45, 7) is 4.16. The molecule has 0 atom stereocenters. The first-order valence-electron chi connectivity index (χ1n) is 6.40. The van der Waals surface area contributed by atoms with Gasteiger partial charge in [-0.15, -0.1) is 0 Å². The number of benzene rings is 2. The molecular weight excluding hydrogens is 243 g/mol. The molecule has 100 valence electrons. The summed E-state index contributed by atoms with van der Waals surface area (Å²) in [5, 5.41) is 7.06. The average Bonchev–Trinajstić information content (AvgIpc) is 2.44. The second kappa shape index (κ2) is 6.29. The van der Waals surface area contributed by atoms with Crippen LogP contribution in [0.1, 0.15) is 17.3 Å². The van der Waals surface area contributed by atoms with Crippen LogP contribution >= 0.6 is 0 Å². The van der Waals surface area contributed by atoms with E-state index in [9.17, 15) is 9.18 Å². The van der Waals surface area contributed by atoms with Crippen LogP contribution in [-0.2, 0) is 0 Å². The number of hydrogen-bond donors (Lipinski definition) is 2. The van der Waals surface area contributed by atoms with Gasteiger partial charge >= 0.3 is 0 Å². The largest absolute Gasteiger partial charge is 0.351 e. The molecule has 0 aliphatic rings. The molecule has 0 aliphatic carbocycles. The van der Waals surface area contributed by atoms with Crippen molar-refractivity contribution >= 4 is 16.7 Å². The SMILES string of the molecule is CCNCCNC(=O)c1ccc(F)c2ccccc12. The molecule has 0 spiro atoms. The van der Waals surface area contributed by atoms with Crippen molar-refractivity contribution in [2.24, 2.45) is 0 Å². The fraction of sp³-hybridized carbons (Fsp3) is 0.267. The van der Waals surface area contributed by atoms with Crippen molar-refractivity contribution in [2.45, 2.75) is 6.92 Å². The first-order chi connectivity index (χ1) is 9.24. The first kappa shape index (κ1) is 13.5. The summed E-state index contributed by atoms with van der Waals surface area (Å²) in [4.78, 5) is 12.1. The van der Waals surface area contributed by atoms with Crippen molar-refractivity contribution in [3.63, 3.8) is 0 Å². The molecule has 2 aromatic carbocycles. The number of carbonyl (C=O) groups is 1. The average molecular weight is 260 g/mol. The van der Waals surface area contributed by atoms with E-state index in [0.29, 0.717) is 22.9 Å². The number of amides is 1. The fourth-order valence-electron chi connectivity index (χ4n) is 2.00. The highest BCUT2D eigenvalue weighted by Gasteiger charge is 2.11. The zero-order valence-electron chi connectivity index (χ0n) is 10.9. The number of hydrogen-bond acceptors (Lipinski definition) is 2. The topological polar surface area (TPSA) is 41.1 Å². The Morgan fingerprint density at radius 2 is 1.84 bits per heavy atom. The molecule has 3 nitrogen and oxygen atoms in total. The molecule has 0 radical (unpaired) electrons. The summed E-state index contributed by atoms with van der Waals surface area (Å²) in [5.74, 6) is -0.478. The molecule has 0 aromatic heterocycles. The van der Waals surface area contributed by atoms with Crippen molar-refractivity contribution in [1.82, 2.24) is 10.6 Å². The van der Waals surface area contributed by atoms with Crippen molar-refractivity contribution in [3.8, 4) is 0 Å². The lowest BCUT2D eigenvalue weighted by atomic mass is 10.0. The van der Waals surface area contributed by atoms with E-state index in [1.165, 1.54) is 12.1 Å². The van der Waals surface area contributed by atoms with Gasteiger partial charge in [-0.1, -0.05) is 31.2 Å². The number of halogens is 1. The lowest BCUT2D eigenvalue weighted by Crippen LogP contribution is -2.31. The van der Waals surface area contributed by atoms with Gasteiger partial charge < -0.3 is 10.6 Å². The van der Waals surface area contributed by atoms with Gasteiger partial charge in [0.25, 0.3) is 5.91 Å². The third-order valence-corrected chi connectivity index (χ3v) is 2.95. The van der Waals surface area contributed by atoms with Crippen molar-refractivity contribution < 1.29 is 9.18 Å². The zero-order chi connectivity index (χ0) is 13.7. The standard InChI is InChI=1S/C15H17FN2O/c1-2-17-9-10-18-15(19)13-7-8-14(16)12-6-4-3-5-11(12)13/h3-8,17H,2,9-10H2,1H3,(H,18,19). The quantitative estimate of drug-likeness (QED) is 0.810. The molecule has 0 saturated carbocycles. The normalized spacial score (nSPS) is 10.6. The van der Waals surface area contributed by atoms with Crippen LogP contribution < -0.4 is 10.6 Å². The third kappa shape index (κ3) is 3.09. The molecule has 0 fully saturated rings. The van der Waals surface area contributed by atoms with Crippen LogP contribution in [0.2, 0.25) is 0 Å². The number of rotatable bonds is 5. The van der Waals surface area contributed by atoms with Crippen LogP contribution in [0.25, 0.3) is 10.8 Å². The minimum Gasteiger partial charge on any atom is -0.351 e. The van der Waals surface area contributed by atoms with Crippen molar-refractivity contribution in [3.05, 3.63) is 47.8 Å². The van der Waals surface area contributed by atoms with Gasteiger partial charge in [0.05, 0.1) is 0 Å². The molecule has 0 unspecified atom stereocenters. The molecule has 2 N–H and O–H groups in total. The van der Waals surface area contributed by atoms with Gasteiger partial charge in [-0.25, -0.2) is 4.39 Å². The molecular formula is C15H17FN2O. The van der Waals surface area contributed by atoms with Crippen molar-refractivity contribution in [2.75, 3.05) is 19.6 Å². The smallest absolute Gasteiger partial charge is 0.251 e. The maximum atomic E-state index is 13.6. The molecule has 0 aliphatic heterocycles. The fourth-order valence-corrected chi connectivity index (χ4v) is 2.00. The van der Waals surface area contributed by atoms with E-state index in [-0.39, 0.29) is 11.7 Å². The summed E-state index contributed by atoms with van der Waals surface area (Å²) in [5.41, 5.74) is 0.508. The monoisotopic (exact) mass is 260 g/mol. The zero-order valence-corrected chi connectivity index (χ0v) is 10.9. The number of likely N-dealkylation sites (N-methyl/N-ethyl adjacent to an activating group) is 1. The Labute approximate surface area is 111 Å². The van der Waals surface area contributed by atoms with E-state index in [4.69, 9.17) is 0 Å². The molecule has 0 saturated heterocycles. The summed E-state index contributed by atoms with van der Waals surface area (Å²) in [6.07, 6.45) is 0. The predicted octanol–water partition coefficient (Wildman–Crippen LogP) is 2.32. The van der Waals surface area contributed by atoms with Crippen LogP contribution in [0.5, 0.6) is 0 Å². The molecule has 0 heterocycles. The third-order valence-electron chi connectivity index (χ3n) is 2.95. The molecule has 4 heteroatoms. The van der Waals surface area contributed by atoms with Gasteiger partial charge in [0.2, 0.25) is 0 Å². The Balaban J connectivity index is 2.20. The summed E-state index contributed by atoms with van der Waals surface area (Å²) in [6, 6.07) is 9.87. The second-order valence-electron chi connectivity index (χ2n) is 4.25. The molecule has 2 aromatic rings. The van der Waals surface area contributed by atoms with E-state index in [0.717, 1.165) is 13.1 Å². The Hall–Kier alpha value is -1.94. The lowest BCUT2D eigenvalue weighted by Gasteiger charge is -2.09. The second-order valence-corrected chi connectivity index (χ2v) is 4.25. The van der Waals surface area contributed by atoms with Crippen LogP contribution in [0.4, 0.5) is 4.39 Å². The van der Waals surface area contributed by atoms with Crippen molar-refractivity contribution in [1.29, 1.82) is 0 Å². The minimum absolute atomic E-state index is 0.172. The predicted molar refractivity (Wildman–Crippen MR) is 74.8 cm³/mol. The molecule has 1 amide bonds. The summed E-state index contributed by atoms with van der Waals surface area (Å²) >= 11 is 0. The first-order valence-corrected chi connectivity index (χ1v) is 6.40. The highest BCUT2D eigenvalue weighted by atomic mass is 19.1. The van der Waals surface area contributed by atoms with Gasteiger partial charge in [0.15, 0.2) is 0 Å². The van der Waals surface area contributed by atoms with Gasteiger partial charge in [-0.3, -0.25) is 4.79 Å². The maximum absolute atomic E-state index is 13.6. The Morgan fingerprint density at radius 3 is 2.58 bits per heavy atom. The van der Waals surface area contributed by atoms with E-state index in [2.05, 4.69) is 10.6 Å². The van der Waals surface area contributed by atoms with Gasteiger partial charge in [0, 0.05) is 24.0 Å². The van der Waals surface area contributed by atoms with Crippen LogP contribution in [0, 0.1) is 5.82 Å². The minimum atomic E-state index is -0.306. The number of carbonyl (C=O) groups excluding carboxylic acids is 1. The van der Waals surface area contributed by atoms with Gasteiger partial charge in [-0.2, -0.15) is 0 Å². The summed E-state index contributed by atoms with van der Waals surface area (Å²) < 4.78 is 13.6. The van der Waals surface area contributed by atoms with E-state index >= 15 is 0 Å². The Bertz CT molecular complexity index is 583. The number of fused-ring (bicyclic) bond motifs is 1. The summed E-state index contributed by atoms with van der Waals surface area (Å²) in [7, 11) is 0. The molecule has 19 heavy (non-hydrogen) atoms. The van der Waals surface area contributed by atoms with E-state index in [1.54, 1.807) is 24.3 Å². The van der Waals surface area contributed by atoms with Gasteiger partial charge in [0.1, 0.15) is 5.82 Å². The molecule has 2 rings (SSSR count). The van der Waals surface area contributed by atoms with E-state index in [1.807, 2.05) is 6.92 Å². The van der Waals surface area contributed by atoms with Gasteiger partial charge in [-0.05, 0) is 24.1 Å². The number of nitrogens with one attached hydrogen (secondary N) is 2. The Morgan fingerprint density at radius 1 is 1.11 bits per heavy atom. The highest BCUT2D eigenvalue weighted by Crippen LogP contribution is 2.21. The lowest BCUT2D eigenvalue weighted by molar-refractivity contribution is 0.0955.